The van der Waals surface area contributed by atoms with Gasteiger partial charge in [0.15, 0.2) is 0 Å². The molecule has 4 nitrogen and oxygen atoms in total. The van der Waals surface area contributed by atoms with Gasteiger partial charge in [-0.05, 0) is 20.3 Å². The van der Waals surface area contributed by atoms with E-state index < -0.39 is 0 Å². The summed E-state index contributed by atoms with van der Waals surface area (Å²) >= 11 is 0. The van der Waals surface area contributed by atoms with Crippen LogP contribution in [0.1, 0.15) is 20.3 Å². The maximum absolute atomic E-state index is 5.01. The summed E-state index contributed by atoms with van der Waals surface area (Å²) in [5.74, 6) is 0. The molecule has 0 aliphatic rings. The van der Waals surface area contributed by atoms with Gasteiger partial charge in [-0.2, -0.15) is 0 Å². The number of rotatable bonds is 7. The fraction of sp³-hybridized carbons (Fsp3) is 0.636. The minimum atomic E-state index is 0.409. The van der Waals surface area contributed by atoms with E-state index in [1.54, 1.807) is 13.4 Å². The van der Waals surface area contributed by atoms with E-state index in [-0.39, 0.29) is 0 Å². The Kier molecular flexibility index (Phi) is 7.54. The molecular formula is C11H21N3O. The summed E-state index contributed by atoms with van der Waals surface area (Å²) in [5, 5.41) is 0. The van der Waals surface area contributed by atoms with Crippen molar-refractivity contribution in [3.05, 3.63) is 12.3 Å². The molecule has 0 heterocycles. The van der Waals surface area contributed by atoms with E-state index in [0.717, 1.165) is 18.7 Å². The van der Waals surface area contributed by atoms with E-state index in [0.29, 0.717) is 6.04 Å². The van der Waals surface area contributed by atoms with Crippen molar-refractivity contribution in [2.45, 2.75) is 26.3 Å². The summed E-state index contributed by atoms with van der Waals surface area (Å²) in [4.78, 5) is 10.0. The lowest BCUT2D eigenvalue weighted by Gasteiger charge is -2.21. The van der Waals surface area contributed by atoms with Crippen LogP contribution in [-0.2, 0) is 4.74 Å². The summed E-state index contributed by atoms with van der Waals surface area (Å²) in [6, 6.07) is 0.409. The van der Waals surface area contributed by atoms with E-state index in [1.165, 1.54) is 6.34 Å². The first kappa shape index (κ1) is 13.8. The summed E-state index contributed by atoms with van der Waals surface area (Å²) in [7, 11) is 3.69. The second-order valence-corrected chi connectivity index (χ2v) is 3.54. The molecule has 0 amide bonds. The van der Waals surface area contributed by atoms with Crippen molar-refractivity contribution in [3.63, 3.8) is 0 Å². The largest absolute Gasteiger partial charge is 0.385 e. The molecule has 0 radical (unpaired) electrons. The van der Waals surface area contributed by atoms with Crippen molar-refractivity contribution in [2.75, 3.05) is 20.8 Å². The predicted molar refractivity (Wildman–Crippen MR) is 65.5 cm³/mol. The number of hydrogen-bond donors (Lipinski definition) is 0. The summed E-state index contributed by atoms with van der Waals surface area (Å²) in [5.41, 5.74) is 0.752. The average Bonchev–Trinajstić information content (AvgIpc) is 2.20. The zero-order chi connectivity index (χ0) is 11.7. The van der Waals surface area contributed by atoms with Gasteiger partial charge >= 0.3 is 0 Å². The van der Waals surface area contributed by atoms with Crippen LogP contribution in [0, 0.1) is 0 Å². The van der Waals surface area contributed by atoms with Gasteiger partial charge in [0.2, 0.25) is 0 Å². The van der Waals surface area contributed by atoms with Crippen molar-refractivity contribution >= 4 is 12.7 Å². The van der Waals surface area contributed by atoms with Crippen LogP contribution in [-0.4, -0.2) is 44.4 Å². The fourth-order valence-electron chi connectivity index (χ4n) is 0.873. The molecule has 0 saturated heterocycles. The Morgan fingerprint density at radius 2 is 2.27 bits per heavy atom. The number of methoxy groups -OCH3 is 1. The Labute approximate surface area is 92.4 Å². The number of aliphatic imine (C=N–C) groups is 2. The van der Waals surface area contributed by atoms with E-state index >= 15 is 0 Å². The topological polar surface area (TPSA) is 37.2 Å². The first-order valence-corrected chi connectivity index (χ1v) is 5.00. The Hall–Kier alpha value is -1.16. The molecule has 4 heteroatoms. The maximum atomic E-state index is 5.01. The Morgan fingerprint density at radius 3 is 2.80 bits per heavy atom. The van der Waals surface area contributed by atoms with E-state index in [2.05, 4.69) is 23.5 Å². The third-order valence-corrected chi connectivity index (χ3v) is 2.03. The maximum Gasteiger partial charge on any atom is 0.117 e. The molecule has 0 aromatic carbocycles. The second-order valence-electron chi connectivity index (χ2n) is 3.54. The first-order chi connectivity index (χ1) is 7.07. The van der Waals surface area contributed by atoms with Crippen LogP contribution in [0.5, 0.6) is 0 Å². The lowest BCUT2D eigenvalue weighted by Crippen LogP contribution is -2.28. The lowest BCUT2D eigenvalue weighted by atomic mass is 10.2. The fourth-order valence-corrected chi connectivity index (χ4v) is 0.873. The number of ether oxygens (including phenoxy) is 1. The van der Waals surface area contributed by atoms with Crippen LogP contribution in [0.15, 0.2) is 22.3 Å². The van der Waals surface area contributed by atoms with Gasteiger partial charge < -0.3 is 9.64 Å². The van der Waals surface area contributed by atoms with Crippen LogP contribution in [0.4, 0.5) is 0 Å². The van der Waals surface area contributed by atoms with Gasteiger partial charge in [0, 0.05) is 32.5 Å². The third kappa shape index (κ3) is 7.88. The third-order valence-electron chi connectivity index (χ3n) is 2.03. The molecule has 0 spiro atoms. The Bertz CT molecular complexity index is 236. The van der Waals surface area contributed by atoms with Crippen LogP contribution in [0.25, 0.3) is 0 Å². The van der Waals surface area contributed by atoms with Gasteiger partial charge in [-0.1, -0.05) is 6.58 Å². The van der Waals surface area contributed by atoms with Crippen molar-refractivity contribution in [1.29, 1.82) is 0 Å². The molecule has 0 fully saturated rings. The molecule has 1 unspecified atom stereocenters. The average molecular weight is 211 g/mol. The quantitative estimate of drug-likeness (QED) is 0.476. The van der Waals surface area contributed by atoms with Gasteiger partial charge in [0.05, 0.1) is 6.34 Å². The Balaban J connectivity index is 3.89. The molecule has 15 heavy (non-hydrogen) atoms. The van der Waals surface area contributed by atoms with E-state index in [9.17, 15) is 0 Å². The Morgan fingerprint density at radius 1 is 1.60 bits per heavy atom. The standard InChI is InChI=1S/C11H21N3O/c1-10(2)13-8-12-9-14(4)11(3)6-7-15-5/h8-9,11H,1,6-7H2,2-5H3/b12-9+,13-8-. The van der Waals surface area contributed by atoms with Crippen molar-refractivity contribution in [2.24, 2.45) is 9.98 Å². The van der Waals surface area contributed by atoms with Crippen LogP contribution in [0.3, 0.4) is 0 Å². The molecule has 86 valence electrons. The zero-order valence-electron chi connectivity index (χ0n) is 10.1. The summed E-state index contributed by atoms with van der Waals surface area (Å²) in [6.45, 7) is 8.36. The smallest absolute Gasteiger partial charge is 0.117 e. The zero-order valence-corrected chi connectivity index (χ0v) is 10.1. The van der Waals surface area contributed by atoms with Gasteiger partial charge in [-0.15, -0.1) is 0 Å². The highest BCUT2D eigenvalue weighted by Crippen LogP contribution is 1.98. The van der Waals surface area contributed by atoms with Gasteiger partial charge in [-0.3, -0.25) is 0 Å². The monoisotopic (exact) mass is 211 g/mol. The number of hydrogen-bond acceptors (Lipinski definition) is 2. The number of allylic oxidation sites excluding steroid dienone is 1. The highest BCUT2D eigenvalue weighted by molar-refractivity contribution is 5.71. The molecule has 0 aliphatic heterocycles. The first-order valence-electron chi connectivity index (χ1n) is 5.00. The van der Waals surface area contributed by atoms with Crippen molar-refractivity contribution in [3.8, 4) is 0 Å². The molecule has 0 aromatic heterocycles. The van der Waals surface area contributed by atoms with Gasteiger partial charge in [0.25, 0.3) is 0 Å². The van der Waals surface area contributed by atoms with Crippen LogP contribution < -0.4 is 0 Å². The predicted octanol–water partition coefficient (Wildman–Crippen LogP) is 1.93. The SMILES string of the molecule is C=C(C)/N=C\N=C\N(C)C(C)CCOC. The molecule has 0 aliphatic carbocycles. The highest BCUT2D eigenvalue weighted by atomic mass is 16.5. The lowest BCUT2D eigenvalue weighted by molar-refractivity contribution is 0.174. The molecule has 0 N–H and O–H groups in total. The van der Waals surface area contributed by atoms with Gasteiger partial charge in [0.1, 0.15) is 6.34 Å². The summed E-state index contributed by atoms with van der Waals surface area (Å²) in [6.07, 6.45) is 4.24. The molecule has 0 saturated carbocycles. The molecular weight excluding hydrogens is 190 g/mol. The normalized spacial score (nSPS) is 13.6. The minimum absolute atomic E-state index is 0.409. The van der Waals surface area contributed by atoms with Crippen LogP contribution in [0.2, 0.25) is 0 Å². The minimum Gasteiger partial charge on any atom is -0.385 e. The second kappa shape index (κ2) is 8.17. The highest BCUT2D eigenvalue weighted by Gasteiger charge is 2.04. The summed E-state index contributed by atoms with van der Waals surface area (Å²) < 4.78 is 5.01. The molecule has 0 aromatic rings. The van der Waals surface area contributed by atoms with Crippen molar-refractivity contribution < 1.29 is 4.74 Å². The van der Waals surface area contributed by atoms with E-state index in [4.69, 9.17) is 4.74 Å². The van der Waals surface area contributed by atoms with Crippen molar-refractivity contribution in [1.82, 2.24) is 4.90 Å². The molecule has 0 bridgehead atoms. The number of nitrogens with zero attached hydrogens (tertiary/aromatic N) is 3. The molecule has 1 atom stereocenters. The van der Waals surface area contributed by atoms with Gasteiger partial charge in [-0.25, -0.2) is 9.98 Å². The van der Waals surface area contributed by atoms with E-state index in [1.807, 2.05) is 18.9 Å². The molecule has 0 rings (SSSR count). The van der Waals surface area contributed by atoms with Crippen LogP contribution >= 0.6 is 0 Å².